The zero-order valence-electron chi connectivity index (χ0n) is 8.89. The molecule has 0 amide bonds. The molecule has 0 aliphatic heterocycles. The molecular formula is C10H15ClN4. The van der Waals surface area contributed by atoms with Gasteiger partial charge in [0.05, 0.1) is 5.69 Å². The van der Waals surface area contributed by atoms with Crippen molar-refractivity contribution in [1.82, 2.24) is 15.5 Å². The van der Waals surface area contributed by atoms with Crippen LogP contribution in [0.25, 0.3) is 0 Å². The van der Waals surface area contributed by atoms with Gasteiger partial charge >= 0.3 is 0 Å². The van der Waals surface area contributed by atoms with Crippen LogP contribution in [0.1, 0.15) is 18.3 Å². The fourth-order valence-electron chi connectivity index (χ4n) is 1.19. The van der Waals surface area contributed by atoms with Gasteiger partial charge in [-0.2, -0.15) is 5.10 Å². The van der Waals surface area contributed by atoms with Gasteiger partial charge in [0.15, 0.2) is 0 Å². The average Bonchev–Trinajstić information content (AvgIpc) is 2.58. The monoisotopic (exact) mass is 226 g/mol. The first kappa shape index (κ1) is 11.8. The zero-order chi connectivity index (χ0) is 11.3. The van der Waals surface area contributed by atoms with Gasteiger partial charge in [0.2, 0.25) is 0 Å². The molecule has 3 N–H and O–H groups in total. The molecule has 0 spiro atoms. The third-order valence-corrected chi connectivity index (χ3v) is 2.14. The van der Waals surface area contributed by atoms with Crippen LogP contribution >= 0.6 is 11.6 Å². The van der Waals surface area contributed by atoms with Crippen molar-refractivity contribution in [2.75, 3.05) is 6.54 Å². The number of halogens is 1. The quantitative estimate of drug-likeness (QED) is 0.673. The predicted molar refractivity (Wildman–Crippen MR) is 62.4 cm³/mol. The second kappa shape index (κ2) is 5.56. The Morgan fingerprint density at radius 3 is 2.93 bits per heavy atom. The highest BCUT2D eigenvalue weighted by Crippen LogP contribution is 2.09. The maximum atomic E-state index is 7.41. The summed E-state index contributed by atoms with van der Waals surface area (Å²) < 4.78 is 0. The number of aryl methyl sites for hydroxylation is 1. The number of nitrogens with zero attached hydrogens (tertiary/aromatic N) is 1. The minimum atomic E-state index is 0.0585. The SMILES string of the molecule is CCN/C=C(/Cc1cc(C)n[nH]1)C(=N)Cl. The maximum absolute atomic E-state index is 7.41. The highest BCUT2D eigenvalue weighted by molar-refractivity contribution is 6.68. The summed E-state index contributed by atoms with van der Waals surface area (Å²) in [5.74, 6) is 0. The normalized spacial score (nSPS) is 11.5. The first-order valence-electron chi connectivity index (χ1n) is 4.81. The van der Waals surface area contributed by atoms with Gasteiger partial charge in [0.25, 0.3) is 0 Å². The summed E-state index contributed by atoms with van der Waals surface area (Å²) in [6, 6.07) is 1.94. The van der Waals surface area contributed by atoms with Crippen molar-refractivity contribution in [2.24, 2.45) is 0 Å². The molecule has 5 heteroatoms. The van der Waals surface area contributed by atoms with Crippen LogP contribution in [0.4, 0.5) is 0 Å². The molecule has 15 heavy (non-hydrogen) atoms. The summed E-state index contributed by atoms with van der Waals surface area (Å²) in [7, 11) is 0. The molecule has 82 valence electrons. The van der Waals surface area contributed by atoms with Gasteiger partial charge in [0, 0.05) is 30.4 Å². The van der Waals surface area contributed by atoms with Crippen LogP contribution in [0, 0.1) is 12.3 Å². The highest BCUT2D eigenvalue weighted by Gasteiger charge is 2.05. The van der Waals surface area contributed by atoms with Crippen molar-refractivity contribution in [3.8, 4) is 0 Å². The van der Waals surface area contributed by atoms with Gasteiger partial charge in [0.1, 0.15) is 5.17 Å². The Balaban J connectivity index is 2.71. The molecule has 1 rings (SSSR count). The molecule has 1 aromatic heterocycles. The van der Waals surface area contributed by atoms with Gasteiger partial charge in [-0.25, -0.2) is 0 Å². The Hall–Kier alpha value is -1.29. The largest absolute Gasteiger partial charge is 0.391 e. The number of rotatable bonds is 5. The highest BCUT2D eigenvalue weighted by atomic mass is 35.5. The average molecular weight is 227 g/mol. The van der Waals surface area contributed by atoms with Crippen LogP contribution in [0.15, 0.2) is 17.8 Å². The number of allylic oxidation sites excluding steroid dienone is 1. The molecule has 0 aliphatic carbocycles. The Bertz CT molecular complexity index is 367. The summed E-state index contributed by atoms with van der Waals surface area (Å²) in [5, 5.41) is 17.4. The van der Waals surface area contributed by atoms with Crippen molar-refractivity contribution in [1.29, 1.82) is 5.41 Å². The molecule has 1 heterocycles. The van der Waals surface area contributed by atoms with Crippen molar-refractivity contribution in [3.05, 3.63) is 29.2 Å². The van der Waals surface area contributed by atoms with E-state index in [1.165, 1.54) is 0 Å². The molecule has 0 aromatic carbocycles. The second-order valence-corrected chi connectivity index (χ2v) is 3.63. The van der Waals surface area contributed by atoms with Crippen LogP contribution in [-0.4, -0.2) is 21.9 Å². The van der Waals surface area contributed by atoms with E-state index in [4.69, 9.17) is 17.0 Å². The lowest BCUT2D eigenvalue weighted by Gasteiger charge is -2.03. The fraction of sp³-hybridized carbons (Fsp3) is 0.400. The number of aromatic amines is 1. The zero-order valence-corrected chi connectivity index (χ0v) is 9.65. The van der Waals surface area contributed by atoms with E-state index in [9.17, 15) is 0 Å². The van der Waals surface area contributed by atoms with E-state index in [0.717, 1.165) is 23.5 Å². The summed E-state index contributed by atoms with van der Waals surface area (Å²) in [5.41, 5.74) is 2.65. The van der Waals surface area contributed by atoms with Crippen molar-refractivity contribution < 1.29 is 0 Å². The van der Waals surface area contributed by atoms with Crippen LogP contribution in [-0.2, 0) is 6.42 Å². The van der Waals surface area contributed by atoms with E-state index in [1.807, 2.05) is 19.9 Å². The first-order chi connectivity index (χ1) is 7.13. The van der Waals surface area contributed by atoms with E-state index in [0.29, 0.717) is 6.42 Å². The molecule has 0 aliphatic rings. The summed E-state index contributed by atoms with van der Waals surface area (Å²) in [6.45, 7) is 4.72. The van der Waals surface area contributed by atoms with E-state index >= 15 is 0 Å². The smallest absolute Gasteiger partial charge is 0.125 e. The van der Waals surface area contributed by atoms with Crippen LogP contribution < -0.4 is 5.32 Å². The summed E-state index contributed by atoms with van der Waals surface area (Å²) in [6.07, 6.45) is 2.36. The molecule has 0 unspecified atom stereocenters. The molecule has 0 fully saturated rings. The standard InChI is InChI=1S/C10H15ClN4/c1-3-13-6-8(10(11)12)5-9-4-7(2)14-15-9/h4,6,12-13H,3,5H2,1-2H3,(H,14,15)/b8-6-,12-10?. The van der Waals surface area contributed by atoms with Crippen molar-refractivity contribution in [3.63, 3.8) is 0 Å². The topological polar surface area (TPSA) is 64.6 Å². The number of H-pyrrole nitrogens is 1. The lowest BCUT2D eigenvalue weighted by atomic mass is 10.1. The molecule has 0 saturated heterocycles. The van der Waals surface area contributed by atoms with Crippen LogP contribution in [0.5, 0.6) is 0 Å². The lowest BCUT2D eigenvalue weighted by Crippen LogP contribution is -2.08. The van der Waals surface area contributed by atoms with Gasteiger partial charge in [-0.15, -0.1) is 0 Å². The molecule has 0 bridgehead atoms. The Labute approximate surface area is 94.2 Å². The molecule has 1 aromatic rings. The lowest BCUT2D eigenvalue weighted by molar-refractivity contribution is 0.902. The van der Waals surface area contributed by atoms with Gasteiger partial charge in [-0.3, -0.25) is 10.5 Å². The second-order valence-electron chi connectivity index (χ2n) is 3.25. The third kappa shape index (κ3) is 3.75. The Morgan fingerprint density at radius 1 is 1.73 bits per heavy atom. The minimum Gasteiger partial charge on any atom is -0.391 e. The van der Waals surface area contributed by atoms with Crippen molar-refractivity contribution in [2.45, 2.75) is 20.3 Å². The third-order valence-electron chi connectivity index (χ3n) is 1.90. The van der Waals surface area contributed by atoms with Crippen molar-refractivity contribution >= 4 is 16.8 Å². The maximum Gasteiger partial charge on any atom is 0.125 e. The van der Waals surface area contributed by atoms with E-state index in [2.05, 4.69) is 15.5 Å². The Kier molecular flexibility index (Phi) is 4.37. The van der Waals surface area contributed by atoms with E-state index < -0.39 is 0 Å². The number of aromatic nitrogens is 2. The number of hydrogen-bond acceptors (Lipinski definition) is 3. The molecule has 0 saturated carbocycles. The first-order valence-corrected chi connectivity index (χ1v) is 5.19. The molecular weight excluding hydrogens is 212 g/mol. The Morgan fingerprint density at radius 2 is 2.47 bits per heavy atom. The van der Waals surface area contributed by atoms with E-state index in [-0.39, 0.29) is 5.17 Å². The number of nitrogens with one attached hydrogen (secondary N) is 3. The van der Waals surface area contributed by atoms with Crippen LogP contribution in [0.2, 0.25) is 0 Å². The van der Waals surface area contributed by atoms with Crippen LogP contribution in [0.3, 0.4) is 0 Å². The van der Waals surface area contributed by atoms with Gasteiger partial charge < -0.3 is 5.32 Å². The molecule has 0 atom stereocenters. The number of hydrogen-bond donors (Lipinski definition) is 3. The van der Waals surface area contributed by atoms with E-state index in [1.54, 1.807) is 6.20 Å². The summed E-state index contributed by atoms with van der Waals surface area (Å²) >= 11 is 5.68. The fourth-order valence-corrected chi connectivity index (χ4v) is 1.31. The minimum absolute atomic E-state index is 0.0585. The van der Waals surface area contributed by atoms with Gasteiger partial charge in [-0.05, 0) is 19.9 Å². The van der Waals surface area contributed by atoms with Gasteiger partial charge in [-0.1, -0.05) is 11.6 Å². The summed E-state index contributed by atoms with van der Waals surface area (Å²) in [4.78, 5) is 0. The molecule has 4 nitrogen and oxygen atoms in total. The predicted octanol–water partition coefficient (Wildman–Crippen LogP) is 1.97. The molecule has 0 radical (unpaired) electrons.